The number of aliphatic carboxylic acids is 1. The zero-order chi connectivity index (χ0) is 16.6. The van der Waals surface area contributed by atoms with E-state index in [0.717, 1.165) is 51.4 Å². The Morgan fingerprint density at radius 1 is 1.05 bits per heavy atom. The fraction of sp³-hybridized carbons (Fsp3) is 0.722. The number of aliphatic hydroxyl groups excluding tert-OH is 2. The van der Waals surface area contributed by atoms with Crippen LogP contribution in [0.4, 0.5) is 0 Å². The minimum absolute atomic E-state index is 0.259. The smallest absolute Gasteiger partial charge is 0.303 e. The van der Waals surface area contributed by atoms with Gasteiger partial charge in [0.05, 0.1) is 0 Å². The van der Waals surface area contributed by atoms with Gasteiger partial charge in [0.1, 0.15) is 12.2 Å². The molecule has 3 N–H and O–H groups in total. The lowest BCUT2D eigenvalue weighted by Gasteiger charge is -2.01. The number of hydrogen-bond acceptors (Lipinski definition) is 3. The van der Waals surface area contributed by atoms with Gasteiger partial charge in [0.25, 0.3) is 0 Å². The van der Waals surface area contributed by atoms with Crippen LogP contribution in [-0.2, 0) is 4.79 Å². The van der Waals surface area contributed by atoms with Gasteiger partial charge in [0.15, 0.2) is 0 Å². The molecular weight excluding hydrogens is 280 g/mol. The van der Waals surface area contributed by atoms with Crippen molar-refractivity contribution in [2.45, 2.75) is 83.3 Å². The topological polar surface area (TPSA) is 77.8 Å². The fourth-order valence-electron chi connectivity index (χ4n) is 1.99. The minimum Gasteiger partial charge on any atom is -0.481 e. The molecule has 126 valence electrons. The maximum Gasteiger partial charge on any atom is 0.303 e. The van der Waals surface area contributed by atoms with Crippen LogP contribution in [0.25, 0.3) is 0 Å². The Balaban J connectivity index is 3.59. The highest BCUT2D eigenvalue weighted by atomic mass is 16.4. The van der Waals surface area contributed by atoms with Crippen molar-refractivity contribution in [2.24, 2.45) is 0 Å². The summed E-state index contributed by atoms with van der Waals surface area (Å²) in [5.74, 6) is 4.57. The molecule has 0 aliphatic carbocycles. The van der Waals surface area contributed by atoms with Crippen LogP contribution in [0.3, 0.4) is 0 Å². The first-order valence-electron chi connectivity index (χ1n) is 8.32. The van der Waals surface area contributed by atoms with Crippen molar-refractivity contribution in [1.82, 2.24) is 0 Å². The van der Waals surface area contributed by atoms with Crippen LogP contribution in [0.15, 0.2) is 12.2 Å². The summed E-state index contributed by atoms with van der Waals surface area (Å²) in [5.41, 5.74) is 0. The Kier molecular flexibility index (Phi) is 13.7. The molecule has 4 nitrogen and oxygen atoms in total. The van der Waals surface area contributed by atoms with Gasteiger partial charge in [-0.25, -0.2) is 0 Å². The number of hydrogen-bond donors (Lipinski definition) is 3. The van der Waals surface area contributed by atoms with E-state index < -0.39 is 18.2 Å². The van der Waals surface area contributed by atoms with Gasteiger partial charge < -0.3 is 15.3 Å². The van der Waals surface area contributed by atoms with E-state index in [1.165, 1.54) is 0 Å². The summed E-state index contributed by atoms with van der Waals surface area (Å²) in [6, 6.07) is 0. The van der Waals surface area contributed by atoms with Crippen molar-refractivity contribution in [3.63, 3.8) is 0 Å². The Morgan fingerprint density at radius 3 is 2.41 bits per heavy atom. The first-order chi connectivity index (χ1) is 10.6. The van der Waals surface area contributed by atoms with Gasteiger partial charge in [0, 0.05) is 6.42 Å². The van der Waals surface area contributed by atoms with Gasteiger partial charge >= 0.3 is 5.97 Å². The summed E-state index contributed by atoms with van der Waals surface area (Å²) in [7, 11) is 0. The third-order valence-electron chi connectivity index (χ3n) is 3.31. The van der Waals surface area contributed by atoms with E-state index in [1.807, 2.05) is 6.08 Å². The molecule has 0 fully saturated rings. The van der Waals surface area contributed by atoms with Gasteiger partial charge in [-0.2, -0.15) is 0 Å². The molecule has 0 aliphatic rings. The van der Waals surface area contributed by atoms with Crippen LogP contribution >= 0.6 is 0 Å². The van der Waals surface area contributed by atoms with Crippen molar-refractivity contribution < 1.29 is 20.1 Å². The zero-order valence-electron chi connectivity index (χ0n) is 13.6. The summed E-state index contributed by atoms with van der Waals surface area (Å²) >= 11 is 0. The number of rotatable bonds is 12. The van der Waals surface area contributed by atoms with Gasteiger partial charge in [-0.15, -0.1) is 0 Å². The van der Waals surface area contributed by atoms with Crippen LogP contribution in [0.1, 0.15) is 71.1 Å². The molecule has 0 aromatic heterocycles. The maximum atomic E-state index is 10.3. The lowest BCUT2D eigenvalue weighted by atomic mass is 10.1. The average molecular weight is 310 g/mol. The SMILES string of the molecule is CCCCC(O)C#CC(O)/C=C\CCCCCCCC(=O)O. The molecular formula is C18H30O4. The summed E-state index contributed by atoms with van der Waals surface area (Å²) in [6.45, 7) is 2.06. The standard InChI is InChI=1S/C18H30O4/c1-2-3-11-16(19)14-15-17(20)12-9-7-5-4-6-8-10-13-18(21)22/h9,12,16-17,19-20H,2-8,10-11,13H2,1H3,(H,21,22)/b12-9-. The molecule has 0 saturated heterocycles. The van der Waals surface area contributed by atoms with Gasteiger partial charge in [-0.3, -0.25) is 4.79 Å². The number of carboxylic acid groups (broad SMARTS) is 1. The number of carboxylic acids is 1. The van der Waals surface area contributed by atoms with Crippen LogP contribution in [0.5, 0.6) is 0 Å². The highest BCUT2D eigenvalue weighted by Gasteiger charge is 1.98. The molecule has 22 heavy (non-hydrogen) atoms. The van der Waals surface area contributed by atoms with Crippen LogP contribution in [0, 0.1) is 11.8 Å². The number of allylic oxidation sites excluding steroid dienone is 1. The lowest BCUT2D eigenvalue weighted by Crippen LogP contribution is -2.05. The van der Waals surface area contributed by atoms with Gasteiger partial charge in [-0.1, -0.05) is 56.9 Å². The molecule has 0 amide bonds. The molecule has 0 heterocycles. The van der Waals surface area contributed by atoms with E-state index in [2.05, 4.69) is 18.8 Å². The van der Waals surface area contributed by atoms with Crippen molar-refractivity contribution >= 4 is 5.97 Å². The molecule has 0 rings (SSSR count). The molecule has 0 bridgehead atoms. The van der Waals surface area contributed by atoms with Crippen LogP contribution in [0.2, 0.25) is 0 Å². The quantitative estimate of drug-likeness (QED) is 0.294. The van der Waals surface area contributed by atoms with Crippen molar-refractivity contribution in [1.29, 1.82) is 0 Å². The van der Waals surface area contributed by atoms with Gasteiger partial charge in [0.2, 0.25) is 0 Å². The summed E-state index contributed by atoms with van der Waals surface area (Å²) in [6.07, 6.45) is 10.7. The molecule has 2 atom stereocenters. The molecule has 0 aromatic carbocycles. The second kappa shape index (κ2) is 14.6. The largest absolute Gasteiger partial charge is 0.481 e. The first-order valence-corrected chi connectivity index (χ1v) is 8.32. The Labute approximate surface area is 134 Å². The number of aliphatic hydroxyl groups is 2. The third kappa shape index (κ3) is 15.1. The number of carbonyl (C=O) groups is 1. The Hall–Kier alpha value is -1.31. The van der Waals surface area contributed by atoms with Crippen molar-refractivity contribution in [3.05, 3.63) is 12.2 Å². The minimum atomic E-state index is -0.813. The van der Waals surface area contributed by atoms with E-state index in [-0.39, 0.29) is 6.42 Å². The molecule has 2 unspecified atom stereocenters. The lowest BCUT2D eigenvalue weighted by molar-refractivity contribution is -0.137. The second-order valence-electron chi connectivity index (χ2n) is 5.52. The highest BCUT2D eigenvalue weighted by Crippen LogP contribution is 2.07. The highest BCUT2D eigenvalue weighted by molar-refractivity contribution is 5.66. The van der Waals surface area contributed by atoms with Crippen LogP contribution in [-0.4, -0.2) is 33.5 Å². The first kappa shape index (κ1) is 20.7. The maximum absolute atomic E-state index is 10.3. The van der Waals surface area contributed by atoms with E-state index >= 15 is 0 Å². The third-order valence-corrected chi connectivity index (χ3v) is 3.31. The predicted octanol–water partition coefficient (Wildman–Crippen LogP) is 3.27. The second-order valence-corrected chi connectivity index (χ2v) is 5.52. The van der Waals surface area contributed by atoms with E-state index in [1.54, 1.807) is 6.08 Å². The predicted molar refractivity (Wildman–Crippen MR) is 88.4 cm³/mol. The fourth-order valence-corrected chi connectivity index (χ4v) is 1.99. The summed E-state index contributed by atoms with van der Waals surface area (Å²) < 4.78 is 0. The van der Waals surface area contributed by atoms with E-state index in [4.69, 9.17) is 5.11 Å². The van der Waals surface area contributed by atoms with Crippen LogP contribution < -0.4 is 0 Å². The van der Waals surface area contributed by atoms with Crippen molar-refractivity contribution in [2.75, 3.05) is 0 Å². The Bertz CT molecular complexity index is 365. The monoisotopic (exact) mass is 310 g/mol. The molecule has 0 saturated carbocycles. The normalized spacial score (nSPS) is 13.6. The molecule has 0 spiro atoms. The summed E-state index contributed by atoms with van der Waals surface area (Å²) in [4.78, 5) is 10.3. The van der Waals surface area contributed by atoms with Crippen molar-refractivity contribution in [3.8, 4) is 11.8 Å². The van der Waals surface area contributed by atoms with Gasteiger partial charge in [-0.05, 0) is 31.8 Å². The molecule has 4 heteroatoms. The van der Waals surface area contributed by atoms with E-state index in [9.17, 15) is 15.0 Å². The average Bonchev–Trinajstić information content (AvgIpc) is 2.48. The Morgan fingerprint density at radius 2 is 1.73 bits per heavy atom. The number of unbranched alkanes of at least 4 members (excludes halogenated alkanes) is 6. The molecule has 0 aliphatic heterocycles. The zero-order valence-corrected chi connectivity index (χ0v) is 13.6. The van der Waals surface area contributed by atoms with E-state index in [0.29, 0.717) is 6.42 Å². The summed E-state index contributed by atoms with van der Waals surface area (Å²) in [5, 5.41) is 27.7. The molecule has 0 aromatic rings. The molecule has 0 radical (unpaired) electrons.